The predicted octanol–water partition coefficient (Wildman–Crippen LogP) is 3.91. The zero-order valence-corrected chi connectivity index (χ0v) is 16.6. The molecule has 6 heteroatoms. The highest BCUT2D eigenvalue weighted by atomic mass is 16.5. The molecule has 0 radical (unpaired) electrons. The molecule has 0 spiro atoms. The van der Waals surface area contributed by atoms with Gasteiger partial charge in [0.1, 0.15) is 0 Å². The van der Waals surface area contributed by atoms with Gasteiger partial charge in [0.25, 0.3) is 5.91 Å². The van der Waals surface area contributed by atoms with Gasteiger partial charge < -0.3 is 15.0 Å². The van der Waals surface area contributed by atoms with E-state index in [-0.39, 0.29) is 5.56 Å². The third kappa shape index (κ3) is 4.87. The van der Waals surface area contributed by atoms with Crippen LogP contribution >= 0.6 is 0 Å². The van der Waals surface area contributed by atoms with Crippen molar-refractivity contribution in [3.63, 3.8) is 0 Å². The van der Waals surface area contributed by atoms with Crippen LogP contribution in [0.25, 0.3) is 10.9 Å². The van der Waals surface area contributed by atoms with Crippen LogP contribution in [0.2, 0.25) is 0 Å². The number of esters is 1. The lowest BCUT2D eigenvalue weighted by atomic mass is 10.0. The van der Waals surface area contributed by atoms with Crippen LogP contribution in [0.5, 0.6) is 0 Å². The average Bonchev–Trinajstić information content (AvgIpc) is 2.79. The van der Waals surface area contributed by atoms with Crippen molar-refractivity contribution in [2.75, 3.05) is 11.9 Å². The lowest BCUT2D eigenvalue weighted by molar-refractivity contribution is -0.119. The maximum Gasteiger partial charge on any atom is 0.339 e. The Labute approximate surface area is 178 Å². The molecule has 1 amide bonds. The van der Waals surface area contributed by atoms with E-state index in [9.17, 15) is 14.4 Å². The molecule has 0 aliphatic carbocycles. The molecule has 0 aliphatic heterocycles. The van der Waals surface area contributed by atoms with Gasteiger partial charge in [-0.3, -0.25) is 9.59 Å². The van der Waals surface area contributed by atoms with Crippen LogP contribution in [0, 0.1) is 0 Å². The number of hydrogen-bond acceptors (Lipinski definition) is 4. The summed E-state index contributed by atoms with van der Waals surface area (Å²) in [5.74, 6) is -1.18. The summed E-state index contributed by atoms with van der Waals surface area (Å²) in [7, 11) is 0. The molecule has 0 aliphatic rings. The Kier molecular flexibility index (Phi) is 5.89. The Morgan fingerprint density at radius 1 is 0.871 bits per heavy atom. The minimum absolute atomic E-state index is 0.122. The number of amides is 1. The van der Waals surface area contributed by atoms with E-state index in [0.717, 1.165) is 11.1 Å². The molecule has 1 heterocycles. The summed E-state index contributed by atoms with van der Waals surface area (Å²) in [5, 5.41) is 3.36. The maximum atomic E-state index is 12.5. The largest absolute Gasteiger partial charge is 0.452 e. The van der Waals surface area contributed by atoms with Crippen LogP contribution in [-0.4, -0.2) is 23.5 Å². The SMILES string of the molecule is O=C(COC(=O)c1cc(=O)[nH]c2ccccc12)Nc1ccccc1Cc1ccccc1. The second kappa shape index (κ2) is 9.09. The fraction of sp³-hybridized carbons (Fsp3) is 0.0800. The normalized spacial score (nSPS) is 10.6. The molecule has 4 rings (SSSR count). The number of para-hydroxylation sites is 2. The van der Waals surface area contributed by atoms with Crippen LogP contribution in [-0.2, 0) is 16.0 Å². The zero-order chi connectivity index (χ0) is 21.6. The fourth-order valence-corrected chi connectivity index (χ4v) is 3.38. The monoisotopic (exact) mass is 412 g/mol. The molecule has 3 aromatic carbocycles. The highest BCUT2D eigenvalue weighted by Crippen LogP contribution is 2.19. The Morgan fingerprint density at radius 3 is 2.42 bits per heavy atom. The summed E-state index contributed by atoms with van der Waals surface area (Å²) in [6.45, 7) is -0.459. The third-order valence-corrected chi connectivity index (χ3v) is 4.83. The first-order valence-electron chi connectivity index (χ1n) is 9.81. The van der Waals surface area contributed by atoms with Crippen molar-refractivity contribution in [2.45, 2.75) is 6.42 Å². The van der Waals surface area contributed by atoms with E-state index in [2.05, 4.69) is 10.3 Å². The average molecular weight is 412 g/mol. The van der Waals surface area contributed by atoms with Crippen LogP contribution in [0.15, 0.2) is 89.7 Å². The zero-order valence-electron chi connectivity index (χ0n) is 16.6. The van der Waals surface area contributed by atoms with Crippen molar-refractivity contribution in [3.05, 3.63) is 112 Å². The maximum absolute atomic E-state index is 12.5. The van der Waals surface area contributed by atoms with E-state index in [1.165, 1.54) is 6.07 Å². The summed E-state index contributed by atoms with van der Waals surface area (Å²) in [6, 6.07) is 25.5. The van der Waals surface area contributed by atoms with Crippen LogP contribution < -0.4 is 10.9 Å². The van der Waals surface area contributed by atoms with Gasteiger partial charge in [0.05, 0.1) is 5.56 Å². The van der Waals surface area contributed by atoms with Crippen LogP contribution in [0.1, 0.15) is 21.5 Å². The van der Waals surface area contributed by atoms with Crippen molar-refractivity contribution in [2.24, 2.45) is 0 Å². The molecule has 154 valence electrons. The second-order valence-electron chi connectivity index (χ2n) is 7.04. The first-order valence-corrected chi connectivity index (χ1v) is 9.81. The van der Waals surface area contributed by atoms with Gasteiger partial charge in [-0.2, -0.15) is 0 Å². The Bertz CT molecular complexity index is 1300. The van der Waals surface area contributed by atoms with E-state index in [0.29, 0.717) is 23.0 Å². The summed E-state index contributed by atoms with van der Waals surface area (Å²) >= 11 is 0. The molecule has 0 bridgehead atoms. The predicted molar refractivity (Wildman–Crippen MR) is 119 cm³/mol. The van der Waals surface area contributed by atoms with Gasteiger partial charge in [-0.1, -0.05) is 66.7 Å². The van der Waals surface area contributed by atoms with Crippen LogP contribution in [0.4, 0.5) is 5.69 Å². The highest BCUT2D eigenvalue weighted by molar-refractivity contribution is 6.04. The number of aromatic amines is 1. The van der Waals surface area contributed by atoms with E-state index >= 15 is 0 Å². The summed E-state index contributed by atoms with van der Waals surface area (Å²) < 4.78 is 5.18. The van der Waals surface area contributed by atoms with Crippen molar-refractivity contribution < 1.29 is 14.3 Å². The molecule has 2 N–H and O–H groups in total. The minimum atomic E-state index is -0.727. The number of aromatic nitrogens is 1. The number of rotatable bonds is 6. The fourth-order valence-electron chi connectivity index (χ4n) is 3.38. The third-order valence-electron chi connectivity index (χ3n) is 4.83. The number of carbonyl (C=O) groups excluding carboxylic acids is 2. The number of benzene rings is 3. The number of pyridine rings is 1. The molecule has 0 atom stereocenters. The van der Waals surface area contributed by atoms with Gasteiger partial charge in [-0.05, 0) is 29.7 Å². The molecule has 0 saturated heterocycles. The Balaban J connectivity index is 1.44. The van der Waals surface area contributed by atoms with Gasteiger partial charge in [-0.15, -0.1) is 0 Å². The number of ether oxygens (including phenoxy) is 1. The van der Waals surface area contributed by atoms with Gasteiger partial charge in [0, 0.05) is 22.7 Å². The molecule has 4 aromatic rings. The molecular weight excluding hydrogens is 392 g/mol. The summed E-state index contributed by atoms with van der Waals surface area (Å²) in [5.41, 5.74) is 2.97. The van der Waals surface area contributed by atoms with Crippen molar-refractivity contribution in [1.29, 1.82) is 0 Å². The number of carbonyl (C=O) groups is 2. The Hall–Kier alpha value is -4.19. The van der Waals surface area contributed by atoms with Crippen LogP contribution in [0.3, 0.4) is 0 Å². The molecule has 0 saturated carbocycles. The van der Waals surface area contributed by atoms with E-state index in [1.54, 1.807) is 24.3 Å². The topological polar surface area (TPSA) is 88.3 Å². The molecule has 0 fully saturated rings. The molecule has 0 unspecified atom stereocenters. The molecule has 6 nitrogen and oxygen atoms in total. The highest BCUT2D eigenvalue weighted by Gasteiger charge is 2.15. The lowest BCUT2D eigenvalue weighted by Crippen LogP contribution is -2.22. The standard InChI is InChI=1S/C25H20N2O4/c28-23-15-20(19-11-5-7-13-22(19)27-23)25(30)31-16-24(29)26-21-12-6-4-10-18(21)14-17-8-2-1-3-9-17/h1-13,15H,14,16H2,(H,26,29)(H,27,28). The second-order valence-corrected chi connectivity index (χ2v) is 7.04. The lowest BCUT2D eigenvalue weighted by Gasteiger charge is -2.12. The van der Waals surface area contributed by atoms with E-state index in [1.807, 2.05) is 54.6 Å². The Morgan fingerprint density at radius 2 is 1.58 bits per heavy atom. The number of hydrogen-bond donors (Lipinski definition) is 2. The summed E-state index contributed by atoms with van der Waals surface area (Å²) in [4.78, 5) is 39.4. The number of H-pyrrole nitrogens is 1. The van der Waals surface area contributed by atoms with E-state index in [4.69, 9.17) is 4.74 Å². The number of anilines is 1. The smallest absolute Gasteiger partial charge is 0.339 e. The minimum Gasteiger partial charge on any atom is -0.452 e. The first kappa shape index (κ1) is 20.1. The number of nitrogens with one attached hydrogen (secondary N) is 2. The van der Waals surface area contributed by atoms with Gasteiger partial charge in [0.15, 0.2) is 6.61 Å². The molecular formula is C25H20N2O4. The molecule has 1 aromatic heterocycles. The molecule has 31 heavy (non-hydrogen) atoms. The van der Waals surface area contributed by atoms with Gasteiger partial charge in [0.2, 0.25) is 5.56 Å². The van der Waals surface area contributed by atoms with E-state index < -0.39 is 24.0 Å². The van der Waals surface area contributed by atoms with Gasteiger partial charge in [-0.25, -0.2) is 4.79 Å². The van der Waals surface area contributed by atoms with Gasteiger partial charge >= 0.3 is 5.97 Å². The van der Waals surface area contributed by atoms with Crippen molar-refractivity contribution in [3.8, 4) is 0 Å². The quantitative estimate of drug-likeness (QED) is 0.470. The van der Waals surface area contributed by atoms with Crippen molar-refractivity contribution in [1.82, 2.24) is 4.98 Å². The number of fused-ring (bicyclic) bond motifs is 1. The summed E-state index contributed by atoms with van der Waals surface area (Å²) in [6.07, 6.45) is 0.663. The van der Waals surface area contributed by atoms with Crippen molar-refractivity contribution >= 4 is 28.5 Å². The first-order chi connectivity index (χ1) is 15.1.